The monoisotopic (exact) mass is 309 g/mol. The summed E-state index contributed by atoms with van der Waals surface area (Å²) in [6, 6.07) is 0. The van der Waals surface area contributed by atoms with E-state index in [1.807, 2.05) is 0 Å². The van der Waals surface area contributed by atoms with Crippen LogP contribution in [0.1, 0.15) is 24.6 Å². The summed E-state index contributed by atoms with van der Waals surface area (Å²) in [5, 5.41) is 7.14. The summed E-state index contributed by atoms with van der Waals surface area (Å²) in [5.41, 5.74) is 0. The molecule has 0 aliphatic carbocycles. The molecule has 1 aliphatic heterocycles. The molecule has 0 amide bonds. The molecule has 2 aromatic rings. The second-order valence-corrected chi connectivity index (χ2v) is 5.17. The van der Waals surface area contributed by atoms with Crippen molar-refractivity contribution >= 4 is 23.5 Å². The summed E-state index contributed by atoms with van der Waals surface area (Å²) in [6.45, 7) is 4.28. The van der Waals surface area contributed by atoms with Crippen LogP contribution >= 0.6 is 11.6 Å². The molecule has 0 atom stereocenters. The van der Waals surface area contributed by atoms with Crippen LogP contribution in [0.5, 0.6) is 0 Å². The summed E-state index contributed by atoms with van der Waals surface area (Å²) >= 11 is 5.96. The highest BCUT2D eigenvalue weighted by Gasteiger charge is 2.16. The molecule has 0 unspecified atom stereocenters. The van der Waals surface area contributed by atoms with Gasteiger partial charge >= 0.3 is 0 Å². The minimum atomic E-state index is 0.199. The number of aryl methyl sites for hydroxylation is 1. The van der Waals surface area contributed by atoms with Gasteiger partial charge in [0, 0.05) is 33.0 Å². The molecule has 1 N–H and O–H groups in total. The predicted octanol–water partition coefficient (Wildman–Crippen LogP) is 1.47. The third kappa shape index (κ3) is 3.57. The Labute approximate surface area is 126 Å². The van der Waals surface area contributed by atoms with Crippen LogP contribution in [0.15, 0.2) is 4.52 Å². The van der Waals surface area contributed by atoms with Crippen LogP contribution in [0.4, 0.5) is 11.9 Å². The van der Waals surface area contributed by atoms with E-state index in [4.69, 9.17) is 16.1 Å². The van der Waals surface area contributed by atoms with Crippen molar-refractivity contribution in [2.75, 3.05) is 29.9 Å². The Kier molecular flexibility index (Phi) is 4.14. The Bertz CT molecular complexity index is 611. The van der Waals surface area contributed by atoms with E-state index in [2.05, 4.69) is 35.3 Å². The molecule has 1 saturated heterocycles. The fourth-order valence-electron chi connectivity index (χ4n) is 2.21. The smallest absolute Gasteiger partial charge is 0.231 e. The van der Waals surface area contributed by atoms with Gasteiger partial charge in [-0.15, -0.1) is 0 Å². The second kappa shape index (κ2) is 6.21. The van der Waals surface area contributed by atoms with Gasteiger partial charge in [-0.25, -0.2) is 0 Å². The van der Waals surface area contributed by atoms with E-state index in [1.165, 1.54) is 0 Å². The zero-order chi connectivity index (χ0) is 14.7. The van der Waals surface area contributed by atoms with Crippen molar-refractivity contribution in [3.63, 3.8) is 0 Å². The second-order valence-electron chi connectivity index (χ2n) is 4.83. The molecule has 1 aliphatic rings. The standard InChI is InChI=1S/C12H16ClN7O/c1-8-15-9(19-21-8)4-5-14-11-16-10(13)17-12(18-11)20-6-2-3-7-20/h2-7H2,1H3,(H,14,16,17,18). The van der Waals surface area contributed by atoms with Crippen molar-refractivity contribution < 1.29 is 4.52 Å². The van der Waals surface area contributed by atoms with Gasteiger partial charge in [-0.05, 0) is 24.4 Å². The molecule has 3 heterocycles. The Hall–Kier alpha value is -1.96. The third-order valence-electron chi connectivity index (χ3n) is 3.19. The molecule has 0 bridgehead atoms. The summed E-state index contributed by atoms with van der Waals surface area (Å²) < 4.78 is 4.92. The van der Waals surface area contributed by atoms with E-state index in [1.54, 1.807) is 6.92 Å². The van der Waals surface area contributed by atoms with Crippen LogP contribution in [0.2, 0.25) is 5.28 Å². The zero-order valence-corrected chi connectivity index (χ0v) is 12.5. The van der Waals surface area contributed by atoms with Gasteiger partial charge in [0.25, 0.3) is 0 Å². The molecule has 3 rings (SSSR count). The van der Waals surface area contributed by atoms with Gasteiger partial charge in [0.1, 0.15) is 0 Å². The maximum atomic E-state index is 5.96. The molecule has 9 heteroatoms. The first-order valence-electron chi connectivity index (χ1n) is 6.90. The SMILES string of the molecule is Cc1nc(CCNc2nc(Cl)nc(N3CCCC3)n2)no1. The van der Waals surface area contributed by atoms with E-state index in [-0.39, 0.29) is 5.28 Å². The van der Waals surface area contributed by atoms with Crippen molar-refractivity contribution in [1.29, 1.82) is 0 Å². The van der Waals surface area contributed by atoms with E-state index in [0.717, 1.165) is 25.9 Å². The lowest BCUT2D eigenvalue weighted by molar-refractivity contribution is 0.387. The first-order chi connectivity index (χ1) is 10.2. The van der Waals surface area contributed by atoms with Crippen molar-refractivity contribution in [2.24, 2.45) is 0 Å². The molecular weight excluding hydrogens is 294 g/mol. The van der Waals surface area contributed by atoms with Gasteiger partial charge in [0.05, 0.1) is 0 Å². The number of halogens is 1. The summed E-state index contributed by atoms with van der Waals surface area (Å²) in [7, 11) is 0. The number of aromatic nitrogens is 5. The fourth-order valence-corrected chi connectivity index (χ4v) is 2.36. The fraction of sp³-hybridized carbons (Fsp3) is 0.583. The molecule has 0 spiro atoms. The van der Waals surface area contributed by atoms with Gasteiger partial charge < -0.3 is 14.7 Å². The van der Waals surface area contributed by atoms with E-state index >= 15 is 0 Å². The Morgan fingerprint density at radius 1 is 1.19 bits per heavy atom. The number of hydrogen-bond acceptors (Lipinski definition) is 8. The average Bonchev–Trinajstić information content (AvgIpc) is 3.10. The minimum absolute atomic E-state index is 0.199. The maximum Gasteiger partial charge on any atom is 0.231 e. The number of rotatable bonds is 5. The first-order valence-corrected chi connectivity index (χ1v) is 7.28. The van der Waals surface area contributed by atoms with E-state index < -0.39 is 0 Å². The average molecular weight is 310 g/mol. The lowest BCUT2D eigenvalue weighted by Crippen LogP contribution is -2.21. The van der Waals surface area contributed by atoms with Gasteiger partial charge in [-0.3, -0.25) is 0 Å². The van der Waals surface area contributed by atoms with Crippen LogP contribution in [0.3, 0.4) is 0 Å². The first kappa shape index (κ1) is 14.0. The third-order valence-corrected chi connectivity index (χ3v) is 3.36. The number of nitrogens with one attached hydrogen (secondary N) is 1. The summed E-state index contributed by atoms with van der Waals surface area (Å²) in [6.07, 6.45) is 2.94. The van der Waals surface area contributed by atoms with Gasteiger partial charge in [-0.1, -0.05) is 5.16 Å². The van der Waals surface area contributed by atoms with Crippen LogP contribution in [0, 0.1) is 6.92 Å². The molecule has 1 fully saturated rings. The molecule has 2 aromatic heterocycles. The quantitative estimate of drug-likeness (QED) is 0.887. The largest absolute Gasteiger partial charge is 0.354 e. The number of anilines is 2. The highest BCUT2D eigenvalue weighted by molar-refractivity contribution is 6.28. The van der Waals surface area contributed by atoms with E-state index in [9.17, 15) is 0 Å². The lowest BCUT2D eigenvalue weighted by Gasteiger charge is -2.15. The molecular formula is C12H16ClN7O. The number of hydrogen-bond donors (Lipinski definition) is 1. The van der Waals surface area contributed by atoms with Crippen LogP contribution in [-0.2, 0) is 6.42 Å². The topological polar surface area (TPSA) is 92.9 Å². The minimum Gasteiger partial charge on any atom is -0.354 e. The van der Waals surface area contributed by atoms with Crippen molar-refractivity contribution in [2.45, 2.75) is 26.2 Å². The molecule has 0 aromatic carbocycles. The normalized spacial score (nSPS) is 14.7. The van der Waals surface area contributed by atoms with Crippen molar-refractivity contribution in [3.8, 4) is 0 Å². The Balaban J connectivity index is 1.61. The van der Waals surface area contributed by atoms with E-state index in [0.29, 0.717) is 36.6 Å². The number of nitrogens with zero attached hydrogens (tertiary/aromatic N) is 6. The van der Waals surface area contributed by atoms with Crippen LogP contribution < -0.4 is 10.2 Å². The molecule has 0 radical (unpaired) electrons. The molecule has 112 valence electrons. The predicted molar refractivity (Wildman–Crippen MR) is 77.5 cm³/mol. The van der Waals surface area contributed by atoms with Gasteiger partial charge in [0.15, 0.2) is 5.82 Å². The van der Waals surface area contributed by atoms with Crippen molar-refractivity contribution in [3.05, 3.63) is 17.0 Å². The van der Waals surface area contributed by atoms with Crippen molar-refractivity contribution in [1.82, 2.24) is 25.1 Å². The van der Waals surface area contributed by atoms with Crippen LogP contribution in [0.25, 0.3) is 0 Å². The van der Waals surface area contributed by atoms with Gasteiger partial charge in [0.2, 0.25) is 23.1 Å². The van der Waals surface area contributed by atoms with Crippen LogP contribution in [-0.4, -0.2) is 44.7 Å². The lowest BCUT2D eigenvalue weighted by atomic mass is 10.4. The summed E-state index contributed by atoms with van der Waals surface area (Å²) in [4.78, 5) is 18.9. The maximum absolute atomic E-state index is 5.96. The molecule has 21 heavy (non-hydrogen) atoms. The highest BCUT2D eigenvalue weighted by atomic mass is 35.5. The molecule has 0 saturated carbocycles. The Morgan fingerprint density at radius 2 is 2.00 bits per heavy atom. The molecule has 8 nitrogen and oxygen atoms in total. The Morgan fingerprint density at radius 3 is 2.71 bits per heavy atom. The zero-order valence-electron chi connectivity index (χ0n) is 11.7. The summed E-state index contributed by atoms with van der Waals surface area (Å²) in [5.74, 6) is 2.31. The highest BCUT2D eigenvalue weighted by Crippen LogP contribution is 2.18. The van der Waals surface area contributed by atoms with Gasteiger partial charge in [-0.2, -0.15) is 19.9 Å².